The van der Waals surface area contributed by atoms with Gasteiger partial charge in [0.1, 0.15) is 5.92 Å². The molecule has 1 aliphatic carbocycles. The number of rotatable bonds is 3. The summed E-state index contributed by atoms with van der Waals surface area (Å²) in [6, 6.07) is 11.4. The van der Waals surface area contributed by atoms with Crippen LogP contribution in [0.15, 0.2) is 48.5 Å². The van der Waals surface area contributed by atoms with E-state index >= 15 is 0 Å². The third-order valence-electron chi connectivity index (χ3n) is 3.87. The molecule has 1 aliphatic rings. The van der Waals surface area contributed by atoms with E-state index in [-0.39, 0.29) is 17.3 Å². The number of carbonyl (C=O) groups is 2. The second-order valence-corrected chi connectivity index (χ2v) is 5.13. The van der Waals surface area contributed by atoms with Crippen LogP contribution in [0.1, 0.15) is 32.3 Å². The Morgan fingerprint density at radius 1 is 0.955 bits per heavy atom. The summed E-state index contributed by atoms with van der Waals surface area (Å²) in [6.07, 6.45) is 0. The fourth-order valence-corrected chi connectivity index (χ4v) is 2.70. The van der Waals surface area contributed by atoms with E-state index < -0.39 is 16.9 Å². The van der Waals surface area contributed by atoms with Crippen LogP contribution in [0, 0.1) is 16.0 Å². The van der Waals surface area contributed by atoms with E-state index in [9.17, 15) is 19.7 Å². The quantitative estimate of drug-likeness (QED) is 0.531. The molecule has 2 aromatic carbocycles. The van der Waals surface area contributed by atoms with Gasteiger partial charge in [0.2, 0.25) is 0 Å². The number of nitro benzene ring substituents is 1. The molecule has 6 heteroatoms. The Kier molecular flexibility index (Phi) is 3.30. The van der Waals surface area contributed by atoms with Crippen molar-refractivity contribution in [1.82, 2.24) is 0 Å². The Morgan fingerprint density at radius 2 is 1.45 bits per heavy atom. The van der Waals surface area contributed by atoms with Crippen molar-refractivity contribution in [2.45, 2.75) is 6.04 Å². The number of nitrogens with zero attached hydrogens (tertiary/aromatic N) is 1. The van der Waals surface area contributed by atoms with Crippen LogP contribution in [0.5, 0.6) is 0 Å². The SMILES string of the molecule is NC(c1ccc([N+](=O)[O-])cc1)C1C(=O)c2ccccc2C1=O. The molecule has 2 N–H and O–H groups in total. The average Bonchev–Trinajstić information content (AvgIpc) is 2.79. The first-order valence-corrected chi connectivity index (χ1v) is 6.68. The molecule has 2 aromatic rings. The van der Waals surface area contributed by atoms with E-state index in [1.807, 2.05) is 0 Å². The van der Waals surface area contributed by atoms with Gasteiger partial charge in [0.25, 0.3) is 5.69 Å². The number of carbonyl (C=O) groups excluding carboxylic acids is 2. The number of nitro groups is 1. The summed E-state index contributed by atoms with van der Waals surface area (Å²) in [7, 11) is 0. The van der Waals surface area contributed by atoms with Crippen molar-refractivity contribution in [2.24, 2.45) is 11.7 Å². The molecule has 0 aliphatic heterocycles. The van der Waals surface area contributed by atoms with E-state index in [1.54, 1.807) is 24.3 Å². The number of hydrogen-bond acceptors (Lipinski definition) is 5. The lowest BCUT2D eigenvalue weighted by molar-refractivity contribution is -0.384. The smallest absolute Gasteiger partial charge is 0.269 e. The van der Waals surface area contributed by atoms with Crippen LogP contribution < -0.4 is 5.73 Å². The molecule has 1 atom stereocenters. The molecule has 6 nitrogen and oxygen atoms in total. The Bertz CT molecular complexity index is 748. The van der Waals surface area contributed by atoms with E-state index in [4.69, 9.17) is 5.73 Å². The van der Waals surface area contributed by atoms with Gasteiger partial charge in [0.05, 0.1) is 4.92 Å². The van der Waals surface area contributed by atoms with Gasteiger partial charge >= 0.3 is 0 Å². The van der Waals surface area contributed by atoms with Crippen LogP contribution in [0.2, 0.25) is 0 Å². The van der Waals surface area contributed by atoms with Crippen molar-refractivity contribution in [1.29, 1.82) is 0 Å². The average molecular weight is 296 g/mol. The highest BCUT2D eigenvalue weighted by atomic mass is 16.6. The van der Waals surface area contributed by atoms with Crippen molar-refractivity contribution in [3.8, 4) is 0 Å². The topological polar surface area (TPSA) is 103 Å². The Labute approximate surface area is 125 Å². The number of hydrogen-bond donors (Lipinski definition) is 1. The van der Waals surface area contributed by atoms with Crippen molar-refractivity contribution in [3.63, 3.8) is 0 Å². The van der Waals surface area contributed by atoms with Gasteiger partial charge in [-0.25, -0.2) is 0 Å². The van der Waals surface area contributed by atoms with Crippen LogP contribution >= 0.6 is 0 Å². The molecule has 3 rings (SSSR count). The van der Waals surface area contributed by atoms with Crippen LogP contribution in [-0.2, 0) is 0 Å². The first kappa shape index (κ1) is 14.1. The number of fused-ring (bicyclic) bond motifs is 1. The maximum absolute atomic E-state index is 12.4. The Morgan fingerprint density at radius 3 is 1.91 bits per heavy atom. The molecule has 0 saturated heterocycles. The normalized spacial score (nSPS) is 15.7. The highest BCUT2D eigenvalue weighted by Gasteiger charge is 2.42. The van der Waals surface area contributed by atoms with Crippen LogP contribution in [0.4, 0.5) is 5.69 Å². The predicted octanol–water partition coefficient (Wildman–Crippen LogP) is 2.29. The Balaban J connectivity index is 1.93. The lowest BCUT2D eigenvalue weighted by atomic mass is 9.90. The molecular formula is C16H12N2O4. The maximum Gasteiger partial charge on any atom is 0.269 e. The first-order chi connectivity index (χ1) is 10.5. The molecule has 110 valence electrons. The lowest BCUT2D eigenvalue weighted by Crippen LogP contribution is -2.29. The van der Waals surface area contributed by atoms with E-state index in [2.05, 4.69) is 0 Å². The van der Waals surface area contributed by atoms with Crippen molar-refractivity contribution < 1.29 is 14.5 Å². The van der Waals surface area contributed by atoms with Gasteiger partial charge in [-0.1, -0.05) is 36.4 Å². The van der Waals surface area contributed by atoms with E-state index in [0.717, 1.165) is 0 Å². The minimum atomic E-state index is -0.973. The van der Waals surface area contributed by atoms with Gasteiger partial charge in [-0.2, -0.15) is 0 Å². The molecule has 1 unspecified atom stereocenters. The van der Waals surface area contributed by atoms with E-state index in [0.29, 0.717) is 16.7 Å². The molecule has 0 fully saturated rings. The van der Waals surface area contributed by atoms with Crippen molar-refractivity contribution in [3.05, 3.63) is 75.3 Å². The largest absolute Gasteiger partial charge is 0.323 e. The number of Topliss-reactive ketones (excluding diaryl/α,β-unsaturated/α-hetero) is 2. The van der Waals surface area contributed by atoms with Crippen molar-refractivity contribution in [2.75, 3.05) is 0 Å². The molecule has 0 spiro atoms. The van der Waals surface area contributed by atoms with Gasteiger partial charge in [-0.15, -0.1) is 0 Å². The van der Waals surface area contributed by atoms with Gasteiger partial charge in [-0.3, -0.25) is 19.7 Å². The fraction of sp³-hybridized carbons (Fsp3) is 0.125. The lowest BCUT2D eigenvalue weighted by Gasteiger charge is -2.16. The predicted molar refractivity (Wildman–Crippen MR) is 78.6 cm³/mol. The second kappa shape index (κ2) is 5.16. The summed E-state index contributed by atoms with van der Waals surface area (Å²) in [6.45, 7) is 0. The fourth-order valence-electron chi connectivity index (χ4n) is 2.70. The number of nitrogens with two attached hydrogens (primary N) is 1. The number of non-ortho nitro benzene ring substituents is 1. The van der Waals surface area contributed by atoms with Gasteiger partial charge in [-0.05, 0) is 5.56 Å². The van der Waals surface area contributed by atoms with E-state index in [1.165, 1.54) is 24.3 Å². The van der Waals surface area contributed by atoms with Crippen LogP contribution in [0.3, 0.4) is 0 Å². The molecule has 0 bridgehead atoms. The standard InChI is InChI=1S/C16H12N2O4/c17-14(9-5-7-10(8-6-9)18(21)22)13-15(19)11-3-1-2-4-12(11)16(13)20/h1-8,13-14H,17H2. The summed E-state index contributed by atoms with van der Waals surface area (Å²) >= 11 is 0. The molecule has 0 saturated carbocycles. The summed E-state index contributed by atoms with van der Waals surface area (Å²) < 4.78 is 0. The van der Waals surface area contributed by atoms with Gasteiger partial charge in [0.15, 0.2) is 11.6 Å². The molecule has 22 heavy (non-hydrogen) atoms. The molecule has 0 heterocycles. The maximum atomic E-state index is 12.4. The molecule has 0 amide bonds. The highest BCUT2D eigenvalue weighted by molar-refractivity contribution is 6.26. The second-order valence-electron chi connectivity index (χ2n) is 5.13. The van der Waals surface area contributed by atoms with Crippen LogP contribution in [-0.4, -0.2) is 16.5 Å². The zero-order valence-corrected chi connectivity index (χ0v) is 11.4. The summed E-state index contributed by atoms with van der Waals surface area (Å²) in [4.78, 5) is 34.9. The third-order valence-corrected chi connectivity index (χ3v) is 3.87. The van der Waals surface area contributed by atoms with Crippen LogP contribution in [0.25, 0.3) is 0 Å². The highest BCUT2D eigenvalue weighted by Crippen LogP contribution is 2.34. The van der Waals surface area contributed by atoms with Crippen molar-refractivity contribution >= 4 is 17.3 Å². The molecule has 0 aromatic heterocycles. The zero-order valence-electron chi connectivity index (χ0n) is 11.4. The first-order valence-electron chi connectivity index (χ1n) is 6.68. The zero-order chi connectivity index (χ0) is 15.9. The summed E-state index contributed by atoms with van der Waals surface area (Å²) in [5.74, 6) is -1.57. The minimum absolute atomic E-state index is 0.0664. The monoisotopic (exact) mass is 296 g/mol. The number of benzene rings is 2. The minimum Gasteiger partial charge on any atom is -0.323 e. The Hall–Kier alpha value is -2.86. The summed E-state index contributed by atoms with van der Waals surface area (Å²) in [5, 5.41) is 10.7. The van der Waals surface area contributed by atoms with Gasteiger partial charge in [0, 0.05) is 29.3 Å². The number of ketones is 2. The van der Waals surface area contributed by atoms with Gasteiger partial charge < -0.3 is 5.73 Å². The molecule has 0 radical (unpaired) electrons. The third kappa shape index (κ3) is 2.10. The molecular weight excluding hydrogens is 284 g/mol. The summed E-state index contributed by atoms with van der Waals surface area (Å²) in [5.41, 5.74) is 7.30.